The molecule has 1 amide bonds. The summed E-state index contributed by atoms with van der Waals surface area (Å²) in [6.45, 7) is 4.07. The maximum Gasteiger partial charge on any atom is 0.267 e. The third-order valence-corrected chi connectivity index (χ3v) is 5.14. The Labute approximate surface area is 159 Å². The van der Waals surface area contributed by atoms with Gasteiger partial charge in [-0.15, -0.1) is 5.10 Å². The molecule has 4 rings (SSSR count). The molecule has 27 heavy (non-hydrogen) atoms. The SMILES string of the molecule is CCc1nnsc1C(=O)N1CCN(c2oc(-c3ccco3)nc2C#N)CC1. The van der Waals surface area contributed by atoms with Gasteiger partial charge in [0.05, 0.1) is 12.0 Å². The van der Waals surface area contributed by atoms with Gasteiger partial charge in [-0.2, -0.15) is 10.2 Å². The fourth-order valence-electron chi connectivity index (χ4n) is 2.96. The van der Waals surface area contributed by atoms with Crippen molar-refractivity contribution in [3.63, 3.8) is 0 Å². The number of carbonyl (C=O) groups excluding carboxylic acids is 1. The standard InChI is InChI=1S/C17H16N6O3S/c1-2-11-14(27-21-20-11)16(24)22-5-7-23(8-6-22)17-12(10-18)19-15(26-17)13-4-3-9-25-13/h3-4,9H,2,5-8H2,1H3. The van der Waals surface area contributed by atoms with Gasteiger partial charge in [0.1, 0.15) is 10.9 Å². The summed E-state index contributed by atoms with van der Waals surface area (Å²) in [6, 6.07) is 5.52. The molecule has 0 atom stereocenters. The summed E-state index contributed by atoms with van der Waals surface area (Å²) in [6.07, 6.45) is 2.20. The molecule has 1 aliphatic rings. The monoisotopic (exact) mass is 384 g/mol. The van der Waals surface area contributed by atoms with Crippen molar-refractivity contribution in [1.82, 2.24) is 19.5 Å². The van der Waals surface area contributed by atoms with Crippen molar-refractivity contribution in [1.29, 1.82) is 5.26 Å². The van der Waals surface area contributed by atoms with Gasteiger partial charge >= 0.3 is 0 Å². The van der Waals surface area contributed by atoms with Crippen LogP contribution in [0.15, 0.2) is 27.2 Å². The minimum atomic E-state index is -0.0455. The molecule has 138 valence electrons. The van der Waals surface area contributed by atoms with Crippen molar-refractivity contribution in [3.05, 3.63) is 34.7 Å². The van der Waals surface area contributed by atoms with Crippen molar-refractivity contribution in [2.75, 3.05) is 31.1 Å². The number of nitriles is 1. The molecule has 9 nitrogen and oxygen atoms in total. The number of anilines is 1. The van der Waals surface area contributed by atoms with Gasteiger partial charge in [0.25, 0.3) is 11.8 Å². The van der Waals surface area contributed by atoms with Crippen LogP contribution in [0.2, 0.25) is 0 Å². The molecule has 0 N–H and O–H groups in total. The normalized spacial score (nSPS) is 14.4. The van der Waals surface area contributed by atoms with Crippen LogP contribution in [0, 0.1) is 11.3 Å². The first-order valence-electron chi connectivity index (χ1n) is 8.51. The summed E-state index contributed by atoms with van der Waals surface area (Å²) in [5, 5.41) is 13.4. The van der Waals surface area contributed by atoms with Crippen LogP contribution in [0.3, 0.4) is 0 Å². The second-order valence-electron chi connectivity index (χ2n) is 5.94. The molecule has 1 saturated heterocycles. The molecule has 1 fully saturated rings. The summed E-state index contributed by atoms with van der Waals surface area (Å²) in [5.41, 5.74) is 0.943. The Balaban J connectivity index is 1.48. The number of oxazole rings is 1. The van der Waals surface area contributed by atoms with E-state index in [4.69, 9.17) is 8.83 Å². The van der Waals surface area contributed by atoms with Gasteiger partial charge < -0.3 is 18.6 Å². The average molecular weight is 384 g/mol. The van der Waals surface area contributed by atoms with Crippen molar-refractivity contribution in [3.8, 4) is 17.7 Å². The van der Waals surface area contributed by atoms with E-state index in [2.05, 4.69) is 20.6 Å². The zero-order valence-electron chi connectivity index (χ0n) is 14.6. The predicted octanol–water partition coefficient (Wildman–Crippen LogP) is 2.18. The number of carbonyl (C=O) groups is 1. The Bertz CT molecular complexity index is 979. The second-order valence-corrected chi connectivity index (χ2v) is 6.70. The van der Waals surface area contributed by atoms with Crippen LogP contribution in [-0.4, -0.2) is 51.6 Å². The largest absolute Gasteiger partial charge is 0.459 e. The Kier molecular flexibility index (Phi) is 4.60. The molecule has 3 aromatic heterocycles. The average Bonchev–Trinajstić information content (AvgIpc) is 3.47. The number of nitrogens with zero attached hydrogens (tertiary/aromatic N) is 6. The maximum atomic E-state index is 12.7. The molecule has 0 bridgehead atoms. The van der Waals surface area contributed by atoms with Gasteiger partial charge in [-0.1, -0.05) is 11.4 Å². The summed E-state index contributed by atoms with van der Waals surface area (Å²) in [4.78, 5) is 21.2. The summed E-state index contributed by atoms with van der Waals surface area (Å²) in [7, 11) is 0. The Morgan fingerprint density at radius 3 is 2.85 bits per heavy atom. The van der Waals surface area contributed by atoms with Crippen LogP contribution in [0.25, 0.3) is 11.7 Å². The first-order valence-corrected chi connectivity index (χ1v) is 9.28. The van der Waals surface area contributed by atoms with Crippen molar-refractivity contribution >= 4 is 23.3 Å². The van der Waals surface area contributed by atoms with Crippen LogP contribution >= 0.6 is 11.5 Å². The lowest BCUT2D eigenvalue weighted by Crippen LogP contribution is -2.48. The molecular weight excluding hydrogens is 368 g/mol. The van der Waals surface area contributed by atoms with Gasteiger partial charge in [-0.25, -0.2) is 0 Å². The molecule has 0 aromatic carbocycles. The molecule has 1 aliphatic heterocycles. The fourth-order valence-corrected chi connectivity index (χ4v) is 3.68. The highest BCUT2D eigenvalue weighted by Gasteiger charge is 2.29. The van der Waals surface area contributed by atoms with Gasteiger partial charge in [0, 0.05) is 26.2 Å². The molecule has 0 radical (unpaired) electrons. The van der Waals surface area contributed by atoms with Crippen molar-refractivity contribution < 1.29 is 13.6 Å². The highest BCUT2D eigenvalue weighted by Crippen LogP contribution is 2.29. The Morgan fingerprint density at radius 2 is 2.19 bits per heavy atom. The smallest absolute Gasteiger partial charge is 0.267 e. The minimum absolute atomic E-state index is 0.0455. The van der Waals surface area contributed by atoms with Gasteiger partial charge in [-0.05, 0) is 30.1 Å². The van der Waals surface area contributed by atoms with E-state index in [1.54, 1.807) is 17.0 Å². The van der Waals surface area contributed by atoms with Gasteiger partial charge in [0.15, 0.2) is 5.76 Å². The van der Waals surface area contributed by atoms with Crippen LogP contribution < -0.4 is 4.90 Å². The molecule has 3 aromatic rings. The van der Waals surface area contributed by atoms with Crippen molar-refractivity contribution in [2.24, 2.45) is 0 Å². The quantitative estimate of drug-likeness (QED) is 0.673. The van der Waals surface area contributed by atoms with Crippen LogP contribution in [0.5, 0.6) is 0 Å². The zero-order valence-corrected chi connectivity index (χ0v) is 15.4. The lowest BCUT2D eigenvalue weighted by atomic mass is 10.2. The summed E-state index contributed by atoms with van der Waals surface area (Å²) < 4.78 is 14.9. The number of piperazine rings is 1. The molecular formula is C17H16N6O3S. The number of rotatable bonds is 4. The van der Waals surface area contributed by atoms with Crippen LogP contribution in [-0.2, 0) is 6.42 Å². The van der Waals surface area contributed by atoms with Gasteiger partial charge in [-0.3, -0.25) is 4.79 Å². The predicted molar refractivity (Wildman–Crippen MR) is 96.3 cm³/mol. The third-order valence-electron chi connectivity index (χ3n) is 4.39. The second kappa shape index (κ2) is 7.20. The Hall–Kier alpha value is -3.19. The van der Waals surface area contributed by atoms with E-state index < -0.39 is 0 Å². The van der Waals surface area contributed by atoms with Crippen LogP contribution in [0.4, 0.5) is 5.88 Å². The van der Waals surface area contributed by atoms with Crippen molar-refractivity contribution in [2.45, 2.75) is 13.3 Å². The van der Waals surface area contributed by atoms with E-state index in [0.717, 1.165) is 17.2 Å². The van der Waals surface area contributed by atoms with E-state index >= 15 is 0 Å². The first kappa shape index (κ1) is 17.2. The summed E-state index contributed by atoms with van der Waals surface area (Å²) in [5.74, 6) is 1.10. The first-order chi connectivity index (χ1) is 13.2. The number of amides is 1. The van der Waals surface area contributed by atoms with Crippen LogP contribution in [0.1, 0.15) is 28.0 Å². The highest BCUT2D eigenvalue weighted by atomic mass is 32.1. The number of aromatic nitrogens is 3. The van der Waals surface area contributed by atoms with E-state index in [0.29, 0.717) is 49.1 Å². The highest BCUT2D eigenvalue weighted by molar-refractivity contribution is 7.08. The molecule has 0 unspecified atom stereocenters. The lowest BCUT2D eigenvalue weighted by Gasteiger charge is -2.34. The number of aryl methyl sites for hydroxylation is 1. The number of hydrogen-bond donors (Lipinski definition) is 0. The Morgan fingerprint density at radius 1 is 1.37 bits per heavy atom. The third kappa shape index (κ3) is 3.17. The lowest BCUT2D eigenvalue weighted by molar-refractivity contribution is 0.0749. The maximum absolute atomic E-state index is 12.7. The summed E-state index contributed by atoms with van der Waals surface area (Å²) >= 11 is 1.13. The van der Waals surface area contributed by atoms with Gasteiger partial charge in [0.2, 0.25) is 11.6 Å². The van der Waals surface area contributed by atoms with E-state index in [9.17, 15) is 10.1 Å². The molecule has 10 heteroatoms. The topological polar surface area (TPSA) is 112 Å². The molecule has 0 saturated carbocycles. The molecule has 0 aliphatic carbocycles. The fraction of sp³-hybridized carbons (Fsp3) is 0.353. The minimum Gasteiger partial charge on any atom is -0.459 e. The molecule has 4 heterocycles. The zero-order chi connectivity index (χ0) is 18.8. The van der Waals surface area contributed by atoms with E-state index in [-0.39, 0.29) is 17.5 Å². The number of hydrogen-bond acceptors (Lipinski definition) is 9. The van der Waals surface area contributed by atoms with E-state index in [1.807, 2.05) is 11.8 Å². The van der Waals surface area contributed by atoms with E-state index in [1.165, 1.54) is 6.26 Å². The molecule has 0 spiro atoms. The number of furan rings is 1.